The highest BCUT2D eigenvalue weighted by atomic mass is 79.9. The van der Waals surface area contributed by atoms with E-state index in [4.69, 9.17) is 10.1 Å². The van der Waals surface area contributed by atoms with Gasteiger partial charge in [0.1, 0.15) is 5.70 Å². The van der Waals surface area contributed by atoms with Crippen molar-refractivity contribution in [2.45, 2.75) is 38.8 Å². The van der Waals surface area contributed by atoms with E-state index in [1.807, 2.05) is 36.4 Å². The van der Waals surface area contributed by atoms with Gasteiger partial charge in [0.25, 0.3) is 5.91 Å². The van der Waals surface area contributed by atoms with Crippen LogP contribution >= 0.6 is 39.0 Å². The van der Waals surface area contributed by atoms with Crippen molar-refractivity contribution in [3.63, 3.8) is 0 Å². The Morgan fingerprint density at radius 3 is 2.86 bits per heavy atom. The van der Waals surface area contributed by atoms with Gasteiger partial charge in [-0.25, -0.2) is 5.01 Å². The third-order valence-electron chi connectivity index (χ3n) is 4.60. The molecular formula is C20H21BrN4OS2. The standard InChI is InChI=1S/C20H21BrN4OS2/c1-2-3-4-7-12-27-20-23-19(26)17-13-8-5-6-9-14(13)22-18(25(17)24-20)15-10-11-16(21)28-15/h5-6,8-11,18H,2-4,7,12H2,1H3,(H,23,24,26). The second-order valence-electron chi connectivity index (χ2n) is 6.62. The number of hydrogen-bond donors (Lipinski definition) is 1. The number of nitrogens with one attached hydrogen (secondary N) is 1. The Kier molecular flexibility index (Phi) is 6.18. The van der Waals surface area contributed by atoms with Gasteiger partial charge in [0.05, 0.1) is 14.0 Å². The van der Waals surface area contributed by atoms with Crippen molar-refractivity contribution in [3.8, 4) is 0 Å². The smallest absolute Gasteiger partial charge is 0.276 e. The molecule has 4 rings (SSSR count). The van der Waals surface area contributed by atoms with Crippen LogP contribution in [0.4, 0.5) is 0 Å². The average Bonchev–Trinajstić information content (AvgIpc) is 3.13. The molecule has 3 heterocycles. The molecule has 0 bridgehead atoms. The Bertz CT molecular complexity index is 1030. The van der Waals surface area contributed by atoms with E-state index in [1.165, 1.54) is 19.3 Å². The topological polar surface area (TPSA) is 57.1 Å². The highest BCUT2D eigenvalue weighted by Gasteiger charge is 2.34. The first kappa shape index (κ1) is 19.7. The zero-order valence-electron chi connectivity index (χ0n) is 15.5. The number of benzene rings is 1. The van der Waals surface area contributed by atoms with Crippen molar-refractivity contribution in [2.75, 3.05) is 5.75 Å². The summed E-state index contributed by atoms with van der Waals surface area (Å²) in [4.78, 5) is 18.9. The number of fused-ring (bicyclic) bond motifs is 2. The normalized spacial score (nSPS) is 18.1. The summed E-state index contributed by atoms with van der Waals surface area (Å²) in [6.07, 6.45) is 4.46. The summed E-state index contributed by atoms with van der Waals surface area (Å²) >= 11 is 6.75. The van der Waals surface area contributed by atoms with Crippen LogP contribution in [0.3, 0.4) is 0 Å². The molecule has 2 aliphatic rings. The molecule has 1 aromatic heterocycles. The Hall–Kier alpha value is -1.64. The van der Waals surface area contributed by atoms with Gasteiger partial charge in [-0.1, -0.05) is 56.1 Å². The molecule has 1 atom stereocenters. The number of amides is 1. The number of rotatable bonds is 6. The van der Waals surface area contributed by atoms with Gasteiger partial charge in [-0.15, -0.1) is 16.4 Å². The molecule has 2 aliphatic heterocycles. The molecular weight excluding hydrogens is 456 g/mol. The minimum Gasteiger partial charge on any atom is -0.298 e. The molecule has 8 heteroatoms. The lowest BCUT2D eigenvalue weighted by Crippen LogP contribution is -2.50. The van der Waals surface area contributed by atoms with E-state index in [1.54, 1.807) is 28.1 Å². The fourth-order valence-electron chi connectivity index (χ4n) is 3.24. The number of hydrazone groups is 1. The van der Waals surface area contributed by atoms with Crippen LogP contribution in [0.25, 0.3) is 5.70 Å². The maximum Gasteiger partial charge on any atom is 0.276 e. The monoisotopic (exact) mass is 476 g/mol. The molecule has 1 amide bonds. The predicted octanol–water partition coefficient (Wildman–Crippen LogP) is 3.97. The summed E-state index contributed by atoms with van der Waals surface area (Å²) < 4.78 is 1.04. The van der Waals surface area contributed by atoms with Crippen molar-refractivity contribution >= 4 is 55.8 Å². The molecule has 0 radical (unpaired) electrons. The quantitative estimate of drug-likeness (QED) is 0.641. The van der Waals surface area contributed by atoms with Crippen LogP contribution < -0.4 is 15.9 Å². The number of carbonyl (C=O) groups is 1. The number of thioether (sulfide) groups is 1. The zero-order chi connectivity index (χ0) is 19.5. The molecule has 2 aromatic rings. The molecule has 0 saturated heterocycles. The second-order valence-corrected chi connectivity index (χ2v) is 10.2. The minimum atomic E-state index is -0.331. The number of nitrogens with zero attached hydrogens (tertiary/aromatic N) is 3. The van der Waals surface area contributed by atoms with Crippen LogP contribution in [0.1, 0.15) is 43.6 Å². The highest BCUT2D eigenvalue weighted by molar-refractivity contribution is 9.11. The van der Waals surface area contributed by atoms with E-state index in [-0.39, 0.29) is 12.1 Å². The van der Waals surface area contributed by atoms with Gasteiger partial charge in [-0.05, 0) is 40.5 Å². The summed E-state index contributed by atoms with van der Waals surface area (Å²) in [5.41, 5.74) is 0.565. The number of hydrogen-bond acceptors (Lipinski definition) is 6. The van der Waals surface area contributed by atoms with E-state index in [2.05, 4.69) is 28.2 Å². The molecule has 1 N–H and O–H groups in total. The summed E-state index contributed by atoms with van der Waals surface area (Å²) in [6, 6.07) is 11.8. The molecule has 28 heavy (non-hydrogen) atoms. The van der Waals surface area contributed by atoms with Crippen LogP contribution in [0, 0.1) is 0 Å². The fraction of sp³-hybridized carbons (Fsp3) is 0.350. The van der Waals surface area contributed by atoms with Crippen LogP contribution in [0.2, 0.25) is 0 Å². The fourth-order valence-corrected chi connectivity index (χ4v) is 5.54. The molecule has 1 aromatic carbocycles. The number of para-hydroxylation sites is 1. The Labute approximate surface area is 180 Å². The maximum atomic E-state index is 13.0. The van der Waals surface area contributed by atoms with Gasteiger partial charge in [-0.2, -0.15) is 0 Å². The SMILES string of the molecule is CCCCCCSC1=NN2C(=c3ccccc3=NC2c2ccc(Br)s2)C(=O)N1. The van der Waals surface area contributed by atoms with E-state index in [0.717, 1.165) is 31.4 Å². The van der Waals surface area contributed by atoms with Crippen molar-refractivity contribution in [1.82, 2.24) is 10.3 Å². The van der Waals surface area contributed by atoms with E-state index in [0.29, 0.717) is 10.9 Å². The van der Waals surface area contributed by atoms with Gasteiger partial charge in [-0.3, -0.25) is 15.1 Å². The van der Waals surface area contributed by atoms with Crippen molar-refractivity contribution in [2.24, 2.45) is 10.1 Å². The lowest BCUT2D eigenvalue weighted by Gasteiger charge is -2.33. The van der Waals surface area contributed by atoms with E-state index in [9.17, 15) is 4.79 Å². The van der Waals surface area contributed by atoms with Crippen LogP contribution in [-0.4, -0.2) is 21.8 Å². The Morgan fingerprint density at radius 2 is 2.07 bits per heavy atom. The molecule has 0 fully saturated rings. The third-order valence-corrected chi connectivity index (χ3v) is 7.21. The number of unbranched alkanes of at least 4 members (excludes halogenated alkanes) is 3. The van der Waals surface area contributed by atoms with Crippen LogP contribution in [0.5, 0.6) is 0 Å². The first-order chi connectivity index (χ1) is 13.7. The Morgan fingerprint density at radius 1 is 1.21 bits per heavy atom. The highest BCUT2D eigenvalue weighted by Crippen LogP contribution is 2.35. The summed E-state index contributed by atoms with van der Waals surface area (Å²) in [6.45, 7) is 2.21. The average molecular weight is 477 g/mol. The first-order valence-corrected chi connectivity index (χ1v) is 12.0. The maximum absolute atomic E-state index is 13.0. The van der Waals surface area contributed by atoms with E-state index < -0.39 is 0 Å². The second kappa shape index (κ2) is 8.80. The molecule has 1 unspecified atom stereocenters. The summed E-state index contributed by atoms with van der Waals surface area (Å²) in [7, 11) is 0. The number of carbonyl (C=O) groups excluding carboxylic acids is 1. The minimum absolute atomic E-state index is 0.117. The van der Waals surface area contributed by atoms with Crippen LogP contribution in [-0.2, 0) is 4.79 Å². The van der Waals surface area contributed by atoms with Crippen molar-refractivity contribution in [3.05, 3.63) is 55.6 Å². The number of halogens is 1. The number of thiophene rings is 1. The molecule has 0 saturated carbocycles. The van der Waals surface area contributed by atoms with E-state index >= 15 is 0 Å². The van der Waals surface area contributed by atoms with Gasteiger partial charge < -0.3 is 0 Å². The molecule has 0 aliphatic carbocycles. The first-order valence-electron chi connectivity index (χ1n) is 9.42. The summed E-state index contributed by atoms with van der Waals surface area (Å²) in [5.74, 6) is 0.833. The molecule has 0 spiro atoms. The third kappa shape index (κ3) is 4.04. The lowest BCUT2D eigenvalue weighted by molar-refractivity contribution is -0.116. The molecule has 5 nitrogen and oxygen atoms in total. The molecule has 146 valence electrons. The predicted molar refractivity (Wildman–Crippen MR) is 119 cm³/mol. The van der Waals surface area contributed by atoms with Gasteiger partial charge in [0.2, 0.25) is 0 Å². The van der Waals surface area contributed by atoms with Crippen molar-refractivity contribution in [1.29, 1.82) is 0 Å². The Balaban J connectivity index is 1.69. The van der Waals surface area contributed by atoms with Gasteiger partial charge in [0.15, 0.2) is 11.3 Å². The van der Waals surface area contributed by atoms with Crippen LogP contribution in [0.15, 0.2) is 50.3 Å². The van der Waals surface area contributed by atoms with Gasteiger partial charge >= 0.3 is 0 Å². The number of amidine groups is 1. The van der Waals surface area contributed by atoms with Crippen molar-refractivity contribution < 1.29 is 4.79 Å². The largest absolute Gasteiger partial charge is 0.298 e. The lowest BCUT2D eigenvalue weighted by atomic mass is 10.1. The summed E-state index contributed by atoms with van der Waals surface area (Å²) in [5, 5.41) is 11.8. The zero-order valence-corrected chi connectivity index (χ0v) is 18.7. The van der Waals surface area contributed by atoms with Gasteiger partial charge in [0, 0.05) is 11.0 Å².